The van der Waals surface area contributed by atoms with Crippen LogP contribution in [-0.4, -0.2) is 36.1 Å². The molecule has 0 saturated carbocycles. The van der Waals surface area contributed by atoms with Crippen LogP contribution in [0.15, 0.2) is 29.6 Å². The van der Waals surface area contributed by atoms with Crippen LogP contribution in [-0.2, 0) is 14.3 Å². The second kappa shape index (κ2) is 5.70. The molecule has 1 saturated heterocycles. The zero-order chi connectivity index (χ0) is 12.8. The van der Waals surface area contributed by atoms with Gasteiger partial charge in [0.2, 0.25) is 5.91 Å². The summed E-state index contributed by atoms with van der Waals surface area (Å²) < 4.78 is 10.7. The largest absolute Gasteiger partial charge is 0.347 e. The molecule has 0 atom stereocenters. The molecule has 6 heteroatoms. The Morgan fingerprint density at radius 1 is 1.61 bits per heavy atom. The Morgan fingerprint density at radius 2 is 2.39 bits per heavy atom. The third-order valence-corrected chi connectivity index (χ3v) is 2.47. The van der Waals surface area contributed by atoms with E-state index >= 15 is 0 Å². The van der Waals surface area contributed by atoms with Gasteiger partial charge in [-0.1, -0.05) is 6.07 Å². The van der Waals surface area contributed by atoms with E-state index in [1.165, 1.54) is 6.21 Å². The molecule has 1 aromatic rings. The Morgan fingerprint density at radius 3 is 3.06 bits per heavy atom. The summed E-state index contributed by atoms with van der Waals surface area (Å²) in [6.07, 6.45) is 4.98. The molecule has 96 valence electrons. The van der Waals surface area contributed by atoms with Gasteiger partial charge in [-0.25, -0.2) is 5.43 Å². The molecule has 1 aromatic heterocycles. The van der Waals surface area contributed by atoms with E-state index in [2.05, 4.69) is 15.5 Å². The lowest BCUT2D eigenvalue weighted by Crippen LogP contribution is -2.33. The smallest absolute Gasteiger partial charge is 0.245 e. The van der Waals surface area contributed by atoms with Crippen LogP contribution in [0, 0.1) is 0 Å². The minimum Gasteiger partial charge on any atom is -0.347 e. The molecule has 1 aliphatic rings. The fourth-order valence-corrected chi connectivity index (χ4v) is 1.62. The highest BCUT2D eigenvalue weighted by Gasteiger charge is 2.33. The zero-order valence-electron chi connectivity index (χ0n) is 10.1. The van der Waals surface area contributed by atoms with E-state index in [4.69, 9.17) is 9.47 Å². The van der Waals surface area contributed by atoms with Crippen LogP contribution in [0.3, 0.4) is 0 Å². The van der Waals surface area contributed by atoms with E-state index in [1.807, 2.05) is 6.07 Å². The first kappa shape index (κ1) is 12.7. The van der Waals surface area contributed by atoms with Gasteiger partial charge in [-0.15, -0.1) is 0 Å². The Hall–Kier alpha value is -1.79. The first-order valence-electron chi connectivity index (χ1n) is 5.68. The molecule has 6 nitrogen and oxygen atoms in total. The van der Waals surface area contributed by atoms with Crippen molar-refractivity contribution in [3.8, 4) is 0 Å². The molecular formula is C12H15N3O3. The molecular weight excluding hydrogens is 234 g/mol. The van der Waals surface area contributed by atoms with Gasteiger partial charge < -0.3 is 9.47 Å². The quantitative estimate of drug-likeness (QED) is 0.629. The molecule has 0 spiro atoms. The standard InChI is InChI=1S/C12H15N3O3/c1-12(17-5-6-18-12)7-11(16)15-14-9-10-3-2-4-13-8-10/h2-4,8-9H,5-7H2,1H3,(H,15,16). The summed E-state index contributed by atoms with van der Waals surface area (Å²) >= 11 is 0. The van der Waals surface area contributed by atoms with Crippen LogP contribution < -0.4 is 5.43 Å². The molecule has 0 bridgehead atoms. The topological polar surface area (TPSA) is 72.8 Å². The predicted molar refractivity (Wildman–Crippen MR) is 64.9 cm³/mol. The van der Waals surface area contributed by atoms with Gasteiger partial charge in [-0.2, -0.15) is 5.10 Å². The van der Waals surface area contributed by atoms with Gasteiger partial charge in [-0.3, -0.25) is 9.78 Å². The lowest BCUT2D eigenvalue weighted by atomic mass is 10.2. The maximum atomic E-state index is 11.6. The SMILES string of the molecule is CC1(CC(=O)NN=Cc2cccnc2)OCCO1. The Balaban J connectivity index is 1.80. The number of nitrogens with zero attached hydrogens (tertiary/aromatic N) is 2. The first-order chi connectivity index (χ1) is 8.68. The Kier molecular flexibility index (Phi) is 4.01. The van der Waals surface area contributed by atoms with Crippen molar-refractivity contribution in [2.45, 2.75) is 19.1 Å². The molecule has 0 aromatic carbocycles. The number of aromatic nitrogens is 1. The number of hydrazone groups is 1. The third kappa shape index (κ3) is 3.61. The third-order valence-electron chi connectivity index (χ3n) is 2.47. The molecule has 2 rings (SSSR count). The number of carbonyl (C=O) groups is 1. The van der Waals surface area contributed by atoms with Crippen molar-refractivity contribution >= 4 is 12.1 Å². The van der Waals surface area contributed by atoms with Crippen molar-refractivity contribution < 1.29 is 14.3 Å². The zero-order valence-corrected chi connectivity index (χ0v) is 10.1. The second-order valence-electron chi connectivity index (χ2n) is 4.09. The van der Waals surface area contributed by atoms with Gasteiger partial charge in [0.05, 0.1) is 25.8 Å². The van der Waals surface area contributed by atoms with Crippen LogP contribution in [0.4, 0.5) is 0 Å². The summed E-state index contributed by atoms with van der Waals surface area (Å²) in [6.45, 7) is 2.77. The number of pyridine rings is 1. The molecule has 1 N–H and O–H groups in total. The van der Waals surface area contributed by atoms with Gasteiger partial charge in [0.25, 0.3) is 0 Å². The van der Waals surface area contributed by atoms with Crippen LogP contribution in [0.1, 0.15) is 18.9 Å². The minimum absolute atomic E-state index is 0.122. The highest BCUT2D eigenvalue weighted by molar-refractivity contribution is 5.82. The molecule has 0 unspecified atom stereocenters. The number of rotatable bonds is 4. The average Bonchev–Trinajstić information content (AvgIpc) is 2.77. The van der Waals surface area contributed by atoms with Crippen LogP contribution >= 0.6 is 0 Å². The van der Waals surface area contributed by atoms with Crippen molar-refractivity contribution in [3.63, 3.8) is 0 Å². The predicted octanol–water partition coefficient (Wildman–Crippen LogP) is 0.685. The van der Waals surface area contributed by atoms with Gasteiger partial charge in [0.15, 0.2) is 5.79 Å². The maximum absolute atomic E-state index is 11.6. The highest BCUT2D eigenvalue weighted by atomic mass is 16.7. The van der Waals surface area contributed by atoms with E-state index in [0.717, 1.165) is 5.56 Å². The van der Waals surface area contributed by atoms with Crippen LogP contribution in [0.25, 0.3) is 0 Å². The molecule has 1 fully saturated rings. The van der Waals surface area contributed by atoms with E-state index in [9.17, 15) is 4.79 Å². The minimum atomic E-state index is -0.825. The van der Waals surface area contributed by atoms with E-state index in [0.29, 0.717) is 13.2 Å². The lowest BCUT2D eigenvalue weighted by Gasteiger charge is -2.20. The van der Waals surface area contributed by atoms with E-state index < -0.39 is 5.79 Å². The van der Waals surface area contributed by atoms with E-state index in [1.54, 1.807) is 25.4 Å². The molecule has 2 heterocycles. The van der Waals surface area contributed by atoms with Crippen molar-refractivity contribution in [3.05, 3.63) is 30.1 Å². The summed E-state index contributed by atoms with van der Waals surface area (Å²) in [5.74, 6) is -1.08. The maximum Gasteiger partial charge on any atom is 0.245 e. The van der Waals surface area contributed by atoms with Gasteiger partial charge in [0, 0.05) is 18.0 Å². The molecule has 0 radical (unpaired) electrons. The normalized spacial score (nSPS) is 18.1. The second-order valence-corrected chi connectivity index (χ2v) is 4.09. The average molecular weight is 249 g/mol. The number of hydrogen-bond acceptors (Lipinski definition) is 5. The van der Waals surface area contributed by atoms with E-state index in [-0.39, 0.29) is 12.3 Å². The van der Waals surface area contributed by atoms with Crippen molar-refractivity contribution in [2.75, 3.05) is 13.2 Å². The lowest BCUT2D eigenvalue weighted by molar-refractivity contribution is -0.159. The summed E-state index contributed by atoms with van der Waals surface area (Å²) in [5, 5.41) is 3.84. The summed E-state index contributed by atoms with van der Waals surface area (Å²) in [4.78, 5) is 15.5. The Labute approximate surface area is 105 Å². The highest BCUT2D eigenvalue weighted by Crippen LogP contribution is 2.21. The first-order valence-corrected chi connectivity index (χ1v) is 5.68. The molecule has 1 aliphatic heterocycles. The van der Waals surface area contributed by atoms with Crippen molar-refractivity contribution in [1.29, 1.82) is 0 Å². The Bertz CT molecular complexity index is 427. The molecule has 18 heavy (non-hydrogen) atoms. The van der Waals surface area contributed by atoms with Crippen molar-refractivity contribution in [2.24, 2.45) is 5.10 Å². The van der Waals surface area contributed by atoms with Gasteiger partial charge >= 0.3 is 0 Å². The summed E-state index contributed by atoms with van der Waals surface area (Å²) in [6, 6.07) is 3.64. The van der Waals surface area contributed by atoms with Gasteiger partial charge in [-0.05, 0) is 13.0 Å². The number of ether oxygens (including phenoxy) is 2. The summed E-state index contributed by atoms with van der Waals surface area (Å²) in [5.41, 5.74) is 3.24. The fraction of sp³-hybridized carbons (Fsp3) is 0.417. The molecule has 1 amide bonds. The number of hydrogen-bond donors (Lipinski definition) is 1. The van der Waals surface area contributed by atoms with Crippen LogP contribution in [0.5, 0.6) is 0 Å². The summed E-state index contributed by atoms with van der Waals surface area (Å²) in [7, 11) is 0. The number of amides is 1. The fourth-order valence-electron chi connectivity index (χ4n) is 1.62. The monoisotopic (exact) mass is 249 g/mol. The number of carbonyl (C=O) groups excluding carboxylic acids is 1. The van der Waals surface area contributed by atoms with Crippen LogP contribution in [0.2, 0.25) is 0 Å². The van der Waals surface area contributed by atoms with Gasteiger partial charge in [0.1, 0.15) is 0 Å². The van der Waals surface area contributed by atoms with Crippen molar-refractivity contribution in [1.82, 2.24) is 10.4 Å². The number of nitrogens with one attached hydrogen (secondary N) is 1. The molecule has 0 aliphatic carbocycles.